The molecule has 1 saturated heterocycles. The zero-order valence-corrected chi connectivity index (χ0v) is 18.4. The van der Waals surface area contributed by atoms with E-state index < -0.39 is 0 Å². The number of halogens is 1. The molecule has 0 unspecified atom stereocenters. The molecule has 1 fully saturated rings. The fourth-order valence-electron chi connectivity index (χ4n) is 4.44. The number of hydrogen-bond acceptors (Lipinski definition) is 2. The number of carbonyl (C=O) groups is 1. The monoisotopic (exact) mass is 453 g/mol. The fraction of sp³-hybridized carbons (Fsp3) is 0.682. The second kappa shape index (κ2) is 7.67. The van der Waals surface area contributed by atoms with Gasteiger partial charge in [-0.3, -0.25) is 9.69 Å². The van der Waals surface area contributed by atoms with Crippen LogP contribution in [-0.4, -0.2) is 28.2 Å². The van der Waals surface area contributed by atoms with Gasteiger partial charge in [0.2, 0.25) is 0 Å². The lowest BCUT2D eigenvalue weighted by atomic mass is 9.77. The number of nitrogens with zero attached hydrogens (tertiary/aromatic N) is 1. The third kappa shape index (κ3) is 4.29. The molecule has 0 radical (unpaired) electrons. The van der Waals surface area contributed by atoms with Crippen LogP contribution in [-0.2, 0) is 11.2 Å². The lowest BCUT2D eigenvalue weighted by Crippen LogP contribution is -2.46. The Labute approximate surface area is 166 Å². The first-order valence-electron chi connectivity index (χ1n) is 9.73. The lowest BCUT2D eigenvalue weighted by molar-refractivity contribution is -0.129. The summed E-state index contributed by atoms with van der Waals surface area (Å²) in [6.07, 6.45) is 5.32. The van der Waals surface area contributed by atoms with Crippen molar-refractivity contribution in [2.75, 3.05) is 17.5 Å². The zero-order chi connectivity index (χ0) is 18.2. The number of benzene rings is 1. The van der Waals surface area contributed by atoms with E-state index in [1.165, 1.54) is 39.5 Å². The summed E-state index contributed by atoms with van der Waals surface area (Å²) >= 11 is 2.47. The minimum atomic E-state index is 0.248. The largest absolute Gasteiger partial charge is 0.299 e. The normalized spacial score (nSPS) is 24.1. The summed E-state index contributed by atoms with van der Waals surface area (Å²) < 4.78 is 1.20. The number of alkyl halides is 1. The molecule has 1 aromatic carbocycles. The molecule has 2 atom stereocenters. The van der Waals surface area contributed by atoms with Gasteiger partial charge < -0.3 is 0 Å². The Morgan fingerprint density at radius 2 is 1.92 bits per heavy atom. The molecule has 0 bridgehead atoms. The minimum absolute atomic E-state index is 0.248. The average Bonchev–Trinajstić information content (AvgIpc) is 2.54. The molecule has 2 aliphatic rings. The molecule has 3 rings (SSSR count). The summed E-state index contributed by atoms with van der Waals surface area (Å²) in [5.41, 5.74) is 5.99. The van der Waals surface area contributed by atoms with E-state index in [0.717, 1.165) is 25.9 Å². The van der Waals surface area contributed by atoms with Crippen molar-refractivity contribution in [1.82, 2.24) is 4.90 Å². The second-order valence-electron chi connectivity index (χ2n) is 8.91. The quantitative estimate of drug-likeness (QED) is 0.438. The maximum absolute atomic E-state index is 12.9. The number of rotatable bonds is 5. The van der Waals surface area contributed by atoms with Gasteiger partial charge in [-0.1, -0.05) is 48.6 Å². The molecule has 0 saturated carbocycles. The summed E-state index contributed by atoms with van der Waals surface area (Å²) in [6.45, 7) is 11.2. The number of Topliss-reactive ketones (excluding diaryl/α,β-unsaturated/α-hetero) is 1. The van der Waals surface area contributed by atoms with Crippen molar-refractivity contribution in [3.05, 3.63) is 34.4 Å². The van der Waals surface area contributed by atoms with Gasteiger partial charge >= 0.3 is 0 Å². The maximum Gasteiger partial charge on any atom is 0.139 e. The van der Waals surface area contributed by atoms with Gasteiger partial charge in [0.15, 0.2) is 0 Å². The molecular formula is C22H32INO. The Kier molecular flexibility index (Phi) is 5.94. The summed E-state index contributed by atoms with van der Waals surface area (Å²) in [6, 6.07) is 5.03. The first-order valence-corrected chi connectivity index (χ1v) is 11.3. The van der Waals surface area contributed by atoms with E-state index in [0.29, 0.717) is 23.7 Å². The van der Waals surface area contributed by atoms with Crippen molar-refractivity contribution < 1.29 is 4.79 Å². The standard InChI is InChI=1S/C22H32INO/c1-15-11-17-6-10-24-14-18(5-7-22(3,4)8-9-23)21(25)13-20(24)19(17)12-16(15)2/h11-12,18,20H,5-10,13-14H2,1-4H3/t18-,20-/m1/s1. The van der Waals surface area contributed by atoms with Crippen LogP contribution in [0.3, 0.4) is 0 Å². The predicted octanol–water partition coefficient (Wildman–Crippen LogP) is 5.42. The van der Waals surface area contributed by atoms with Gasteiger partial charge in [-0.2, -0.15) is 0 Å². The first kappa shape index (κ1) is 19.3. The molecule has 0 aliphatic carbocycles. The number of piperidine rings is 1. The van der Waals surface area contributed by atoms with Crippen molar-refractivity contribution in [3.8, 4) is 0 Å². The van der Waals surface area contributed by atoms with Gasteiger partial charge in [-0.05, 0) is 67.2 Å². The molecular weight excluding hydrogens is 421 g/mol. The highest BCUT2D eigenvalue weighted by atomic mass is 127. The molecule has 0 N–H and O–H groups in total. The van der Waals surface area contributed by atoms with Crippen LogP contribution in [0.1, 0.15) is 67.8 Å². The van der Waals surface area contributed by atoms with Crippen LogP contribution in [0.15, 0.2) is 12.1 Å². The number of ketones is 1. The molecule has 3 heteroatoms. The average molecular weight is 453 g/mol. The van der Waals surface area contributed by atoms with Crippen molar-refractivity contribution in [1.29, 1.82) is 0 Å². The maximum atomic E-state index is 12.9. The van der Waals surface area contributed by atoms with Crippen molar-refractivity contribution >= 4 is 28.4 Å². The van der Waals surface area contributed by atoms with Crippen LogP contribution in [0.2, 0.25) is 0 Å². The number of carbonyl (C=O) groups excluding carboxylic acids is 1. The Hall–Kier alpha value is -0.420. The molecule has 2 aliphatic heterocycles. The van der Waals surface area contributed by atoms with E-state index in [4.69, 9.17) is 0 Å². The highest BCUT2D eigenvalue weighted by Crippen LogP contribution is 2.40. The predicted molar refractivity (Wildman–Crippen MR) is 114 cm³/mol. The lowest BCUT2D eigenvalue weighted by Gasteiger charge is -2.43. The Bertz CT molecular complexity index is 652. The molecule has 25 heavy (non-hydrogen) atoms. The van der Waals surface area contributed by atoms with E-state index in [2.05, 4.69) is 67.3 Å². The highest BCUT2D eigenvalue weighted by Gasteiger charge is 2.38. The summed E-state index contributed by atoms with van der Waals surface area (Å²) in [5.74, 6) is 0.746. The second-order valence-corrected chi connectivity index (χ2v) is 9.98. The van der Waals surface area contributed by atoms with Crippen LogP contribution in [0.25, 0.3) is 0 Å². The van der Waals surface area contributed by atoms with Crippen LogP contribution in [0.5, 0.6) is 0 Å². The van der Waals surface area contributed by atoms with Gasteiger partial charge in [0, 0.05) is 35.9 Å². The molecule has 138 valence electrons. The Balaban J connectivity index is 1.70. The third-order valence-electron chi connectivity index (χ3n) is 6.47. The van der Waals surface area contributed by atoms with E-state index in [9.17, 15) is 4.79 Å². The van der Waals surface area contributed by atoms with Crippen molar-refractivity contribution in [2.24, 2.45) is 11.3 Å². The Morgan fingerprint density at radius 3 is 2.64 bits per heavy atom. The van der Waals surface area contributed by atoms with Crippen molar-refractivity contribution in [3.63, 3.8) is 0 Å². The van der Waals surface area contributed by atoms with Gasteiger partial charge in [-0.15, -0.1) is 0 Å². The topological polar surface area (TPSA) is 20.3 Å². The Morgan fingerprint density at radius 1 is 1.20 bits per heavy atom. The molecule has 0 amide bonds. The fourth-order valence-corrected chi connectivity index (χ4v) is 5.90. The van der Waals surface area contributed by atoms with Gasteiger partial charge in [0.05, 0.1) is 0 Å². The minimum Gasteiger partial charge on any atom is -0.299 e. The van der Waals surface area contributed by atoms with Gasteiger partial charge in [0.25, 0.3) is 0 Å². The van der Waals surface area contributed by atoms with Crippen LogP contribution < -0.4 is 0 Å². The third-order valence-corrected chi connectivity index (χ3v) is 7.01. The van der Waals surface area contributed by atoms with E-state index in [-0.39, 0.29) is 5.92 Å². The summed E-state index contributed by atoms with van der Waals surface area (Å²) in [4.78, 5) is 15.4. The van der Waals surface area contributed by atoms with E-state index in [1.807, 2.05) is 0 Å². The first-order chi connectivity index (χ1) is 11.8. The van der Waals surface area contributed by atoms with E-state index in [1.54, 1.807) is 0 Å². The molecule has 0 spiro atoms. The number of hydrogen-bond donors (Lipinski definition) is 0. The van der Waals surface area contributed by atoms with E-state index >= 15 is 0 Å². The van der Waals surface area contributed by atoms with Crippen LogP contribution in [0.4, 0.5) is 0 Å². The SMILES string of the molecule is Cc1cc2c(cc1C)[C@H]1CC(=O)[C@H](CCC(C)(C)CCI)CN1CC2. The smallest absolute Gasteiger partial charge is 0.139 e. The molecule has 0 aromatic heterocycles. The van der Waals surface area contributed by atoms with Crippen LogP contribution in [0, 0.1) is 25.2 Å². The summed E-state index contributed by atoms with van der Waals surface area (Å²) in [7, 11) is 0. The zero-order valence-electron chi connectivity index (χ0n) is 16.2. The highest BCUT2D eigenvalue weighted by molar-refractivity contribution is 14.1. The number of aryl methyl sites for hydroxylation is 2. The molecule has 2 heterocycles. The van der Waals surface area contributed by atoms with Crippen molar-refractivity contribution in [2.45, 2.75) is 65.8 Å². The summed E-state index contributed by atoms with van der Waals surface area (Å²) in [5, 5.41) is 0. The van der Waals surface area contributed by atoms with Gasteiger partial charge in [-0.25, -0.2) is 0 Å². The molecule has 1 aromatic rings. The molecule has 2 nitrogen and oxygen atoms in total. The number of fused-ring (bicyclic) bond motifs is 3. The van der Waals surface area contributed by atoms with Gasteiger partial charge in [0.1, 0.15) is 5.78 Å². The van der Waals surface area contributed by atoms with Crippen LogP contribution >= 0.6 is 22.6 Å².